The number of carbonyl (C=O) groups is 1. The van der Waals surface area contributed by atoms with Gasteiger partial charge < -0.3 is 14.8 Å². The Kier molecular flexibility index (Phi) is 4.22. The average molecular weight is 259 g/mol. The number of benzene rings is 1. The number of amides is 1. The number of nitrogens with one attached hydrogen (secondary N) is 1. The van der Waals surface area contributed by atoms with Crippen LogP contribution in [0.2, 0.25) is 0 Å². The molecule has 0 spiro atoms. The van der Waals surface area contributed by atoms with Crippen molar-refractivity contribution in [3.05, 3.63) is 36.0 Å². The van der Waals surface area contributed by atoms with E-state index >= 15 is 0 Å². The summed E-state index contributed by atoms with van der Waals surface area (Å²) in [5, 5.41) is 4.52. The van der Waals surface area contributed by atoms with Gasteiger partial charge >= 0.3 is 0 Å². The number of carbonyl (C=O) groups excluding carboxylic acids is 1. The molecule has 19 heavy (non-hydrogen) atoms. The Morgan fingerprint density at radius 2 is 2.11 bits per heavy atom. The van der Waals surface area contributed by atoms with E-state index in [9.17, 15) is 4.79 Å². The molecule has 1 aromatic heterocycles. The maximum atomic E-state index is 11.9. The number of fused-ring (bicyclic) bond motifs is 1. The van der Waals surface area contributed by atoms with Crippen molar-refractivity contribution < 1.29 is 4.79 Å². The number of para-hydroxylation sites is 1. The molecule has 1 amide bonds. The summed E-state index contributed by atoms with van der Waals surface area (Å²) in [5.41, 5.74) is 2.38. The third-order valence-corrected chi connectivity index (χ3v) is 3.24. The Bertz CT molecular complexity index is 572. The molecule has 0 aliphatic heterocycles. The first-order valence-electron chi connectivity index (χ1n) is 6.61. The SMILES string of the molecule is CCNCc1cccc2ccn(CC(=O)N(C)C)c12. The van der Waals surface area contributed by atoms with Gasteiger partial charge in [-0.3, -0.25) is 4.79 Å². The minimum atomic E-state index is 0.107. The van der Waals surface area contributed by atoms with Crippen molar-refractivity contribution >= 4 is 16.8 Å². The fraction of sp³-hybridized carbons (Fsp3) is 0.400. The molecule has 0 aliphatic carbocycles. The highest BCUT2D eigenvalue weighted by Crippen LogP contribution is 2.20. The Morgan fingerprint density at radius 1 is 1.32 bits per heavy atom. The molecule has 0 saturated heterocycles. The summed E-state index contributed by atoms with van der Waals surface area (Å²) in [6.07, 6.45) is 1.99. The standard InChI is InChI=1S/C15H21N3O/c1-4-16-10-13-7-5-6-12-8-9-18(15(12)13)11-14(19)17(2)3/h5-9,16H,4,10-11H2,1-3H3. The van der Waals surface area contributed by atoms with Gasteiger partial charge in [0.05, 0.1) is 5.52 Å². The largest absolute Gasteiger partial charge is 0.347 e. The van der Waals surface area contributed by atoms with E-state index in [0.29, 0.717) is 6.54 Å². The third-order valence-electron chi connectivity index (χ3n) is 3.24. The van der Waals surface area contributed by atoms with E-state index in [1.165, 1.54) is 10.9 Å². The van der Waals surface area contributed by atoms with Gasteiger partial charge in [0.2, 0.25) is 5.91 Å². The second-order valence-electron chi connectivity index (χ2n) is 4.87. The highest BCUT2D eigenvalue weighted by Gasteiger charge is 2.10. The van der Waals surface area contributed by atoms with Crippen molar-refractivity contribution in [1.82, 2.24) is 14.8 Å². The van der Waals surface area contributed by atoms with Crippen molar-refractivity contribution in [1.29, 1.82) is 0 Å². The minimum absolute atomic E-state index is 0.107. The summed E-state index contributed by atoms with van der Waals surface area (Å²) >= 11 is 0. The molecule has 2 rings (SSSR count). The van der Waals surface area contributed by atoms with Gasteiger partial charge in [-0.1, -0.05) is 25.1 Å². The van der Waals surface area contributed by atoms with Crippen molar-refractivity contribution in [3.8, 4) is 0 Å². The Morgan fingerprint density at radius 3 is 2.79 bits per heavy atom. The zero-order valence-electron chi connectivity index (χ0n) is 11.8. The summed E-state index contributed by atoms with van der Waals surface area (Å²) in [4.78, 5) is 13.5. The highest BCUT2D eigenvalue weighted by atomic mass is 16.2. The van der Waals surface area contributed by atoms with Crippen LogP contribution in [0.5, 0.6) is 0 Å². The molecule has 0 radical (unpaired) electrons. The summed E-state index contributed by atoms with van der Waals surface area (Å²) in [6.45, 7) is 4.25. The maximum absolute atomic E-state index is 11.9. The lowest BCUT2D eigenvalue weighted by Crippen LogP contribution is -2.26. The van der Waals surface area contributed by atoms with E-state index in [-0.39, 0.29) is 5.91 Å². The van der Waals surface area contributed by atoms with Crippen LogP contribution in [0, 0.1) is 0 Å². The lowest BCUT2D eigenvalue weighted by Gasteiger charge is -2.13. The van der Waals surface area contributed by atoms with Crippen LogP contribution in [0.15, 0.2) is 30.5 Å². The molecule has 0 saturated carbocycles. The molecule has 102 valence electrons. The van der Waals surface area contributed by atoms with Crippen LogP contribution in [-0.4, -0.2) is 36.0 Å². The summed E-state index contributed by atoms with van der Waals surface area (Å²) in [6, 6.07) is 8.32. The van der Waals surface area contributed by atoms with Crippen molar-refractivity contribution in [2.75, 3.05) is 20.6 Å². The van der Waals surface area contributed by atoms with Gasteiger partial charge in [-0.15, -0.1) is 0 Å². The molecule has 0 unspecified atom stereocenters. The number of aromatic nitrogens is 1. The Balaban J connectivity index is 2.36. The number of rotatable bonds is 5. The summed E-state index contributed by atoms with van der Waals surface area (Å²) in [7, 11) is 3.57. The molecular weight excluding hydrogens is 238 g/mol. The predicted octanol–water partition coefficient (Wildman–Crippen LogP) is 1.84. The van der Waals surface area contributed by atoms with Gasteiger partial charge in [0.15, 0.2) is 0 Å². The first kappa shape index (κ1) is 13.6. The number of likely N-dealkylation sites (N-methyl/N-ethyl adjacent to an activating group) is 1. The second kappa shape index (κ2) is 5.89. The van der Waals surface area contributed by atoms with Gasteiger partial charge in [0, 0.05) is 26.8 Å². The van der Waals surface area contributed by atoms with Gasteiger partial charge in [-0.25, -0.2) is 0 Å². The van der Waals surface area contributed by atoms with Crippen LogP contribution in [0.3, 0.4) is 0 Å². The Hall–Kier alpha value is -1.81. The summed E-state index contributed by atoms with van der Waals surface area (Å²) < 4.78 is 2.03. The van der Waals surface area contributed by atoms with Gasteiger partial charge in [0.1, 0.15) is 6.54 Å². The zero-order valence-corrected chi connectivity index (χ0v) is 11.8. The first-order valence-corrected chi connectivity index (χ1v) is 6.61. The molecule has 1 heterocycles. The predicted molar refractivity (Wildman–Crippen MR) is 78.0 cm³/mol. The average Bonchev–Trinajstić information content (AvgIpc) is 2.80. The molecule has 0 atom stereocenters. The van der Waals surface area contributed by atoms with E-state index in [2.05, 4.69) is 36.5 Å². The highest BCUT2D eigenvalue weighted by molar-refractivity contribution is 5.85. The van der Waals surface area contributed by atoms with E-state index in [4.69, 9.17) is 0 Å². The van der Waals surface area contributed by atoms with Crippen LogP contribution in [0.25, 0.3) is 10.9 Å². The molecule has 1 aromatic carbocycles. The van der Waals surface area contributed by atoms with Crippen LogP contribution in [0.4, 0.5) is 0 Å². The van der Waals surface area contributed by atoms with Crippen LogP contribution in [-0.2, 0) is 17.9 Å². The minimum Gasteiger partial charge on any atom is -0.347 e. The van der Waals surface area contributed by atoms with Crippen LogP contribution >= 0.6 is 0 Å². The second-order valence-corrected chi connectivity index (χ2v) is 4.87. The van der Waals surface area contributed by atoms with E-state index in [0.717, 1.165) is 18.6 Å². The first-order chi connectivity index (χ1) is 9.13. The van der Waals surface area contributed by atoms with E-state index < -0.39 is 0 Å². The van der Waals surface area contributed by atoms with Crippen molar-refractivity contribution in [3.63, 3.8) is 0 Å². The Labute approximate surface area is 114 Å². The van der Waals surface area contributed by atoms with Gasteiger partial charge in [-0.05, 0) is 23.6 Å². The monoisotopic (exact) mass is 259 g/mol. The zero-order chi connectivity index (χ0) is 13.8. The molecular formula is C15H21N3O. The maximum Gasteiger partial charge on any atom is 0.241 e. The normalized spacial score (nSPS) is 10.9. The molecule has 2 aromatic rings. The quantitative estimate of drug-likeness (QED) is 0.889. The smallest absolute Gasteiger partial charge is 0.241 e. The lowest BCUT2D eigenvalue weighted by atomic mass is 10.1. The number of nitrogens with zero attached hydrogens (tertiary/aromatic N) is 2. The van der Waals surface area contributed by atoms with Crippen molar-refractivity contribution in [2.45, 2.75) is 20.0 Å². The van der Waals surface area contributed by atoms with Gasteiger partial charge in [0.25, 0.3) is 0 Å². The molecule has 4 nitrogen and oxygen atoms in total. The fourth-order valence-electron chi connectivity index (χ4n) is 2.16. The van der Waals surface area contributed by atoms with Crippen LogP contribution < -0.4 is 5.32 Å². The summed E-state index contributed by atoms with van der Waals surface area (Å²) in [5.74, 6) is 0.107. The van der Waals surface area contributed by atoms with E-state index in [1.54, 1.807) is 19.0 Å². The number of hydrogen-bond acceptors (Lipinski definition) is 2. The number of hydrogen-bond donors (Lipinski definition) is 1. The molecule has 0 fully saturated rings. The third kappa shape index (κ3) is 2.96. The topological polar surface area (TPSA) is 37.3 Å². The molecule has 0 bridgehead atoms. The van der Waals surface area contributed by atoms with Gasteiger partial charge in [-0.2, -0.15) is 0 Å². The molecule has 4 heteroatoms. The van der Waals surface area contributed by atoms with Crippen LogP contribution in [0.1, 0.15) is 12.5 Å². The fourth-order valence-corrected chi connectivity index (χ4v) is 2.16. The molecule has 0 aliphatic rings. The van der Waals surface area contributed by atoms with E-state index in [1.807, 2.05) is 10.8 Å². The van der Waals surface area contributed by atoms with Crippen molar-refractivity contribution in [2.24, 2.45) is 0 Å². The molecule has 1 N–H and O–H groups in total. The lowest BCUT2D eigenvalue weighted by molar-refractivity contribution is -0.129.